The molecule has 0 fully saturated rings. The molecule has 86 valence electrons. The molecular weight excluding hydrogens is 220 g/mol. The van der Waals surface area contributed by atoms with Gasteiger partial charge in [0.15, 0.2) is 0 Å². The van der Waals surface area contributed by atoms with Crippen LogP contribution in [0.4, 0.5) is 11.4 Å². The van der Waals surface area contributed by atoms with E-state index in [4.69, 9.17) is 5.73 Å². The second-order valence-corrected chi connectivity index (χ2v) is 3.31. The van der Waals surface area contributed by atoms with Gasteiger partial charge in [0.25, 0.3) is 5.91 Å². The van der Waals surface area contributed by atoms with E-state index in [9.17, 15) is 9.90 Å². The zero-order chi connectivity index (χ0) is 12.3. The van der Waals surface area contributed by atoms with Gasteiger partial charge in [0.2, 0.25) is 0 Å². The number of pyridine rings is 2. The van der Waals surface area contributed by atoms with Gasteiger partial charge in [0, 0.05) is 12.4 Å². The Hall–Kier alpha value is -2.63. The molecule has 0 spiro atoms. The Kier molecular flexibility index (Phi) is 2.87. The first kappa shape index (κ1) is 10.9. The van der Waals surface area contributed by atoms with Crippen LogP contribution in [0.5, 0.6) is 5.75 Å². The Labute approximate surface area is 97.1 Å². The number of nitrogens with one attached hydrogen (secondary N) is 1. The van der Waals surface area contributed by atoms with Crippen LogP contribution in [0.25, 0.3) is 0 Å². The lowest BCUT2D eigenvalue weighted by atomic mass is 10.2. The van der Waals surface area contributed by atoms with Crippen LogP contribution in [0.2, 0.25) is 0 Å². The number of amides is 1. The summed E-state index contributed by atoms with van der Waals surface area (Å²) in [4.78, 5) is 19.3. The van der Waals surface area contributed by atoms with E-state index >= 15 is 0 Å². The molecule has 2 aromatic rings. The number of anilines is 2. The maximum absolute atomic E-state index is 11.8. The first-order chi connectivity index (χ1) is 8.18. The fraction of sp³-hybridized carbons (Fsp3) is 0. The highest BCUT2D eigenvalue weighted by Crippen LogP contribution is 2.19. The highest BCUT2D eigenvalue weighted by Gasteiger charge is 2.11. The van der Waals surface area contributed by atoms with Crippen molar-refractivity contribution in [2.75, 3.05) is 11.1 Å². The van der Waals surface area contributed by atoms with Crippen LogP contribution < -0.4 is 11.1 Å². The summed E-state index contributed by atoms with van der Waals surface area (Å²) in [5.41, 5.74) is 6.57. The second-order valence-electron chi connectivity index (χ2n) is 3.31. The number of nitrogens with two attached hydrogens (primary N) is 1. The van der Waals surface area contributed by atoms with E-state index in [2.05, 4.69) is 15.3 Å². The molecule has 0 saturated carbocycles. The van der Waals surface area contributed by atoms with Crippen LogP contribution >= 0.6 is 0 Å². The standard InChI is InChI=1S/C11H10N4O2/c12-8-5-13-4-2-9(8)15-11(17)7-1-3-14-6-10(7)16/h1-6,16H,12H2,(H,13,15,17). The van der Waals surface area contributed by atoms with Crippen molar-refractivity contribution in [2.24, 2.45) is 0 Å². The third-order valence-corrected chi connectivity index (χ3v) is 2.14. The van der Waals surface area contributed by atoms with Crippen molar-refractivity contribution in [1.82, 2.24) is 9.97 Å². The zero-order valence-electron chi connectivity index (χ0n) is 8.79. The Morgan fingerprint density at radius 2 is 1.94 bits per heavy atom. The molecule has 0 bridgehead atoms. The molecule has 2 aromatic heterocycles. The molecule has 0 aliphatic heterocycles. The van der Waals surface area contributed by atoms with E-state index in [1.54, 1.807) is 6.07 Å². The highest BCUT2D eigenvalue weighted by atomic mass is 16.3. The lowest BCUT2D eigenvalue weighted by Gasteiger charge is -2.07. The van der Waals surface area contributed by atoms with Crippen molar-refractivity contribution in [2.45, 2.75) is 0 Å². The number of nitrogens with zero attached hydrogens (tertiary/aromatic N) is 2. The lowest BCUT2D eigenvalue weighted by Crippen LogP contribution is -2.13. The van der Waals surface area contributed by atoms with Crippen LogP contribution in [0, 0.1) is 0 Å². The van der Waals surface area contributed by atoms with Gasteiger partial charge >= 0.3 is 0 Å². The van der Waals surface area contributed by atoms with Gasteiger partial charge in [-0.25, -0.2) is 0 Å². The summed E-state index contributed by atoms with van der Waals surface area (Å²) in [5, 5.41) is 12.0. The van der Waals surface area contributed by atoms with Gasteiger partial charge in [-0.15, -0.1) is 0 Å². The predicted molar refractivity (Wildman–Crippen MR) is 62.5 cm³/mol. The summed E-state index contributed by atoms with van der Waals surface area (Å²) in [6.45, 7) is 0. The average molecular weight is 230 g/mol. The Morgan fingerprint density at radius 3 is 2.65 bits per heavy atom. The van der Waals surface area contributed by atoms with Crippen LogP contribution in [0.15, 0.2) is 36.9 Å². The third kappa shape index (κ3) is 2.31. The van der Waals surface area contributed by atoms with Gasteiger partial charge in [-0.05, 0) is 12.1 Å². The number of carbonyl (C=O) groups is 1. The van der Waals surface area contributed by atoms with Crippen molar-refractivity contribution in [3.8, 4) is 5.75 Å². The predicted octanol–water partition coefficient (Wildman–Crippen LogP) is 1.02. The van der Waals surface area contributed by atoms with Crippen molar-refractivity contribution in [1.29, 1.82) is 0 Å². The van der Waals surface area contributed by atoms with Crippen LogP contribution in [0.3, 0.4) is 0 Å². The number of hydrogen-bond acceptors (Lipinski definition) is 5. The summed E-state index contributed by atoms with van der Waals surface area (Å²) in [6.07, 6.45) is 5.57. The Bertz CT molecular complexity index is 557. The molecule has 0 aromatic carbocycles. The Morgan fingerprint density at radius 1 is 1.24 bits per heavy atom. The minimum Gasteiger partial charge on any atom is -0.505 e. The molecule has 1 amide bonds. The number of aromatic nitrogens is 2. The number of nitrogen functional groups attached to an aromatic ring is 1. The second kappa shape index (κ2) is 4.48. The monoisotopic (exact) mass is 230 g/mol. The SMILES string of the molecule is Nc1cnccc1NC(=O)c1ccncc1O. The molecule has 0 saturated heterocycles. The van der Waals surface area contributed by atoms with E-state index in [1.807, 2.05) is 0 Å². The van der Waals surface area contributed by atoms with Gasteiger partial charge in [-0.1, -0.05) is 0 Å². The fourth-order valence-electron chi connectivity index (χ4n) is 1.29. The minimum atomic E-state index is -0.456. The summed E-state index contributed by atoms with van der Waals surface area (Å²) in [7, 11) is 0. The van der Waals surface area contributed by atoms with Gasteiger partial charge in [0.1, 0.15) is 5.75 Å². The number of aromatic hydroxyl groups is 1. The molecule has 0 unspecified atom stereocenters. The van der Waals surface area contributed by atoms with E-state index in [0.29, 0.717) is 11.4 Å². The third-order valence-electron chi connectivity index (χ3n) is 2.14. The van der Waals surface area contributed by atoms with Crippen LogP contribution in [-0.2, 0) is 0 Å². The molecule has 6 heteroatoms. The summed E-state index contributed by atoms with van der Waals surface area (Å²) >= 11 is 0. The van der Waals surface area contributed by atoms with Crippen LogP contribution in [-0.4, -0.2) is 21.0 Å². The van der Waals surface area contributed by atoms with E-state index in [0.717, 1.165) is 0 Å². The van der Waals surface area contributed by atoms with Gasteiger partial charge in [-0.2, -0.15) is 0 Å². The summed E-state index contributed by atoms with van der Waals surface area (Å²) in [6, 6.07) is 2.99. The van der Waals surface area contributed by atoms with Crippen molar-refractivity contribution >= 4 is 17.3 Å². The smallest absolute Gasteiger partial charge is 0.259 e. The van der Waals surface area contributed by atoms with E-state index in [1.165, 1.54) is 30.9 Å². The number of hydrogen-bond donors (Lipinski definition) is 3. The zero-order valence-corrected chi connectivity index (χ0v) is 8.79. The molecule has 0 atom stereocenters. The molecule has 4 N–H and O–H groups in total. The maximum Gasteiger partial charge on any atom is 0.259 e. The van der Waals surface area contributed by atoms with Crippen LogP contribution in [0.1, 0.15) is 10.4 Å². The largest absolute Gasteiger partial charge is 0.505 e. The summed E-state index contributed by atoms with van der Waals surface area (Å²) < 4.78 is 0. The first-order valence-corrected chi connectivity index (χ1v) is 4.82. The molecule has 0 aliphatic carbocycles. The molecular formula is C11H10N4O2. The molecule has 17 heavy (non-hydrogen) atoms. The van der Waals surface area contributed by atoms with Crippen molar-refractivity contribution < 1.29 is 9.90 Å². The fourth-order valence-corrected chi connectivity index (χ4v) is 1.29. The topological polar surface area (TPSA) is 101 Å². The Balaban J connectivity index is 2.24. The van der Waals surface area contributed by atoms with Gasteiger partial charge in [0.05, 0.1) is 29.3 Å². The van der Waals surface area contributed by atoms with E-state index < -0.39 is 5.91 Å². The quantitative estimate of drug-likeness (QED) is 0.714. The molecule has 0 aliphatic rings. The van der Waals surface area contributed by atoms with Crippen molar-refractivity contribution in [3.63, 3.8) is 0 Å². The van der Waals surface area contributed by atoms with Gasteiger partial charge < -0.3 is 16.2 Å². The minimum absolute atomic E-state index is 0.135. The molecule has 0 radical (unpaired) electrons. The average Bonchev–Trinajstić information content (AvgIpc) is 2.32. The van der Waals surface area contributed by atoms with E-state index in [-0.39, 0.29) is 11.3 Å². The molecule has 2 rings (SSSR count). The van der Waals surface area contributed by atoms with Gasteiger partial charge in [-0.3, -0.25) is 14.8 Å². The lowest BCUT2D eigenvalue weighted by molar-refractivity contribution is 0.102. The molecule has 6 nitrogen and oxygen atoms in total. The molecule has 2 heterocycles. The number of rotatable bonds is 2. The number of carbonyl (C=O) groups excluding carboxylic acids is 1. The normalized spacial score (nSPS) is 9.88. The summed E-state index contributed by atoms with van der Waals surface area (Å²) in [5.74, 6) is -0.638. The first-order valence-electron chi connectivity index (χ1n) is 4.82. The maximum atomic E-state index is 11.8. The highest BCUT2D eigenvalue weighted by molar-refractivity contribution is 6.07. The van der Waals surface area contributed by atoms with Crippen molar-refractivity contribution in [3.05, 3.63) is 42.5 Å².